The van der Waals surface area contributed by atoms with E-state index in [0.29, 0.717) is 23.7 Å². The van der Waals surface area contributed by atoms with Gasteiger partial charge in [-0.1, -0.05) is 59.8 Å². The van der Waals surface area contributed by atoms with Crippen LogP contribution in [0.1, 0.15) is 16.1 Å². The van der Waals surface area contributed by atoms with Crippen molar-refractivity contribution in [1.29, 1.82) is 0 Å². The minimum Gasteiger partial charge on any atom is -0.452 e. The number of hydrogen-bond donors (Lipinski definition) is 0. The number of aromatic nitrogens is 1. The summed E-state index contributed by atoms with van der Waals surface area (Å²) in [5, 5.41) is 3.96. The van der Waals surface area contributed by atoms with Crippen LogP contribution in [-0.2, 0) is 9.53 Å². The Balaban J connectivity index is 1.74. The molecule has 0 saturated heterocycles. The molecule has 142 valence electrons. The van der Waals surface area contributed by atoms with Crippen molar-refractivity contribution in [3.63, 3.8) is 0 Å². The molecule has 1 heterocycles. The second kappa shape index (κ2) is 8.81. The molecule has 0 unspecified atom stereocenters. The predicted molar refractivity (Wildman–Crippen MR) is 106 cm³/mol. The van der Waals surface area contributed by atoms with Gasteiger partial charge < -0.3 is 14.2 Å². The molecule has 3 rings (SSSR count). The molecule has 0 bridgehead atoms. The molecule has 1 amide bonds. The molecule has 0 aliphatic rings. The molecule has 0 spiro atoms. The van der Waals surface area contributed by atoms with Crippen LogP contribution in [-0.4, -0.2) is 30.2 Å². The highest BCUT2D eigenvalue weighted by Crippen LogP contribution is 2.25. The van der Waals surface area contributed by atoms with Crippen LogP contribution in [0.3, 0.4) is 0 Å². The molecule has 3 aromatic rings. The van der Waals surface area contributed by atoms with Crippen molar-refractivity contribution in [2.45, 2.75) is 6.92 Å². The summed E-state index contributed by atoms with van der Waals surface area (Å²) in [7, 11) is 0. The topological polar surface area (TPSA) is 72.6 Å². The molecule has 0 saturated carbocycles. The van der Waals surface area contributed by atoms with Crippen molar-refractivity contribution >= 4 is 17.6 Å². The van der Waals surface area contributed by atoms with Crippen LogP contribution in [0.15, 0.2) is 77.8 Å². The van der Waals surface area contributed by atoms with Gasteiger partial charge >= 0.3 is 5.97 Å². The Morgan fingerprint density at radius 3 is 2.39 bits per heavy atom. The number of amides is 1. The first-order valence-corrected chi connectivity index (χ1v) is 8.77. The smallest absolute Gasteiger partial charge is 0.344 e. The van der Waals surface area contributed by atoms with Gasteiger partial charge in [-0.3, -0.25) is 4.79 Å². The lowest BCUT2D eigenvalue weighted by Gasteiger charge is -2.21. The Labute approximate surface area is 163 Å². The van der Waals surface area contributed by atoms with E-state index in [-0.39, 0.29) is 11.5 Å². The third kappa shape index (κ3) is 4.17. The second-order valence-corrected chi connectivity index (χ2v) is 6.03. The second-order valence-electron chi connectivity index (χ2n) is 6.03. The molecular formula is C22H20N2O4. The summed E-state index contributed by atoms with van der Waals surface area (Å²) in [5.74, 6) is -0.672. The molecule has 0 aliphatic heterocycles. The van der Waals surface area contributed by atoms with Gasteiger partial charge in [-0.15, -0.1) is 6.58 Å². The van der Waals surface area contributed by atoms with Gasteiger partial charge in [0.25, 0.3) is 5.91 Å². The van der Waals surface area contributed by atoms with E-state index < -0.39 is 12.6 Å². The van der Waals surface area contributed by atoms with Crippen molar-refractivity contribution in [2.24, 2.45) is 0 Å². The summed E-state index contributed by atoms with van der Waals surface area (Å²) in [6.45, 7) is 5.21. The maximum Gasteiger partial charge on any atom is 0.344 e. The summed E-state index contributed by atoms with van der Waals surface area (Å²) in [4.78, 5) is 26.7. The highest BCUT2D eigenvalue weighted by Gasteiger charge is 2.24. The average molecular weight is 376 g/mol. The largest absolute Gasteiger partial charge is 0.452 e. The van der Waals surface area contributed by atoms with E-state index in [1.165, 1.54) is 4.90 Å². The van der Waals surface area contributed by atoms with Gasteiger partial charge in [0.2, 0.25) is 0 Å². The lowest BCUT2D eigenvalue weighted by atomic mass is 10.1. The first-order valence-electron chi connectivity index (χ1n) is 8.77. The maximum atomic E-state index is 12.6. The van der Waals surface area contributed by atoms with Crippen molar-refractivity contribution in [3.05, 3.63) is 84.6 Å². The monoisotopic (exact) mass is 376 g/mol. The van der Waals surface area contributed by atoms with E-state index in [2.05, 4.69) is 11.7 Å². The van der Waals surface area contributed by atoms with Crippen molar-refractivity contribution in [1.82, 2.24) is 5.16 Å². The molecule has 0 N–H and O–H groups in total. The fourth-order valence-electron chi connectivity index (χ4n) is 2.77. The van der Waals surface area contributed by atoms with Crippen molar-refractivity contribution in [3.8, 4) is 11.3 Å². The maximum absolute atomic E-state index is 12.6. The minimum absolute atomic E-state index is 0.217. The van der Waals surface area contributed by atoms with Crippen LogP contribution < -0.4 is 4.90 Å². The lowest BCUT2D eigenvalue weighted by Crippen LogP contribution is -2.35. The van der Waals surface area contributed by atoms with Crippen LogP contribution >= 0.6 is 0 Å². The third-order valence-corrected chi connectivity index (χ3v) is 4.12. The summed E-state index contributed by atoms with van der Waals surface area (Å²) in [6.07, 6.45) is 1.62. The number of aryl methyl sites for hydroxylation is 1. The Bertz CT molecular complexity index is 965. The number of carbonyl (C=O) groups excluding carboxylic acids is 2. The molecule has 2 aromatic carbocycles. The summed E-state index contributed by atoms with van der Waals surface area (Å²) in [5.41, 5.74) is 2.04. The van der Waals surface area contributed by atoms with Gasteiger partial charge in [0.15, 0.2) is 6.61 Å². The van der Waals surface area contributed by atoms with E-state index >= 15 is 0 Å². The molecule has 1 aromatic heterocycles. The van der Waals surface area contributed by atoms with E-state index in [4.69, 9.17) is 9.26 Å². The Morgan fingerprint density at radius 1 is 1.11 bits per heavy atom. The molecule has 0 fully saturated rings. The van der Waals surface area contributed by atoms with E-state index in [1.54, 1.807) is 25.1 Å². The standard InChI is InChI=1S/C22H20N2O4/c1-3-14-24(18-12-8-5-9-13-18)19(25)15-27-22(26)20-16(2)28-23-21(20)17-10-6-4-7-11-17/h3-13H,1,14-15H2,2H3. The predicted octanol–water partition coefficient (Wildman–Crippen LogP) is 4.03. The highest BCUT2D eigenvalue weighted by atomic mass is 16.5. The van der Waals surface area contributed by atoms with Gasteiger partial charge in [-0.25, -0.2) is 4.79 Å². The Kier molecular flexibility index (Phi) is 6.01. The molecule has 0 radical (unpaired) electrons. The summed E-state index contributed by atoms with van der Waals surface area (Å²) < 4.78 is 10.4. The fourth-order valence-corrected chi connectivity index (χ4v) is 2.77. The first-order chi connectivity index (χ1) is 13.6. The van der Waals surface area contributed by atoms with Crippen LogP contribution in [0.5, 0.6) is 0 Å². The molecule has 0 aliphatic carbocycles. The SMILES string of the molecule is C=CCN(C(=O)COC(=O)c1c(-c2ccccc2)noc1C)c1ccccc1. The Morgan fingerprint density at radius 2 is 1.75 bits per heavy atom. The third-order valence-electron chi connectivity index (χ3n) is 4.12. The normalized spacial score (nSPS) is 10.3. The average Bonchev–Trinajstić information content (AvgIpc) is 3.13. The number of nitrogens with zero attached hydrogens (tertiary/aromatic N) is 2. The van der Waals surface area contributed by atoms with Crippen molar-refractivity contribution in [2.75, 3.05) is 18.1 Å². The zero-order valence-electron chi connectivity index (χ0n) is 15.5. The van der Waals surface area contributed by atoms with Crippen LogP contribution in [0.25, 0.3) is 11.3 Å². The molecule has 6 nitrogen and oxygen atoms in total. The number of esters is 1. The summed E-state index contributed by atoms with van der Waals surface area (Å²) in [6, 6.07) is 18.3. The Hall–Kier alpha value is -3.67. The quantitative estimate of drug-likeness (QED) is 0.460. The number of anilines is 1. The van der Waals surface area contributed by atoms with E-state index in [9.17, 15) is 9.59 Å². The molecular weight excluding hydrogens is 356 g/mol. The number of benzene rings is 2. The van der Waals surface area contributed by atoms with Gasteiger partial charge in [0.05, 0.1) is 0 Å². The van der Waals surface area contributed by atoms with Gasteiger partial charge in [-0.05, 0) is 19.1 Å². The van der Waals surface area contributed by atoms with Crippen LogP contribution in [0.4, 0.5) is 5.69 Å². The minimum atomic E-state index is -0.655. The van der Waals surface area contributed by atoms with E-state index in [0.717, 1.165) is 5.56 Å². The van der Waals surface area contributed by atoms with Crippen LogP contribution in [0, 0.1) is 6.92 Å². The molecule has 6 heteroatoms. The zero-order chi connectivity index (χ0) is 19.9. The van der Waals surface area contributed by atoms with Gasteiger partial charge in [0, 0.05) is 17.8 Å². The number of hydrogen-bond acceptors (Lipinski definition) is 5. The zero-order valence-corrected chi connectivity index (χ0v) is 15.5. The highest BCUT2D eigenvalue weighted by molar-refractivity contribution is 6.00. The first kappa shape index (κ1) is 19.1. The molecule has 28 heavy (non-hydrogen) atoms. The number of rotatable bonds is 7. The van der Waals surface area contributed by atoms with Gasteiger partial charge in [0.1, 0.15) is 17.0 Å². The number of carbonyl (C=O) groups is 2. The van der Waals surface area contributed by atoms with Crippen LogP contribution in [0.2, 0.25) is 0 Å². The fraction of sp³-hybridized carbons (Fsp3) is 0.136. The lowest BCUT2D eigenvalue weighted by molar-refractivity contribution is -0.121. The van der Waals surface area contributed by atoms with Gasteiger partial charge in [-0.2, -0.15) is 0 Å². The summed E-state index contributed by atoms with van der Waals surface area (Å²) >= 11 is 0. The number of para-hydroxylation sites is 1. The number of ether oxygens (including phenoxy) is 1. The van der Waals surface area contributed by atoms with Crippen molar-refractivity contribution < 1.29 is 18.8 Å². The molecule has 0 atom stereocenters. The van der Waals surface area contributed by atoms with E-state index in [1.807, 2.05) is 48.5 Å².